The van der Waals surface area contributed by atoms with Crippen LogP contribution >= 0.6 is 0 Å². The lowest BCUT2D eigenvalue weighted by atomic mass is 10.2. The largest absolute Gasteiger partial charge is 0.434 e. The zero-order chi connectivity index (χ0) is 22.6. The number of nitrogens with zero attached hydrogens (tertiary/aromatic N) is 1. The summed E-state index contributed by atoms with van der Waals surface area (Å²) in [5, 5.41) is 2.62. The van der Waals surface area contributed by atoms with Crippen LogP contribution in [0.1, 0.15) is 29.8 Å². The van der Waals surface area contributed by atoms with Crippen molar-refractivity contribution in [3.05, 3.63) is 59.7 Å². The predicted molar refractivity (Wildman–Crippen MR) is 109 cm³/mol. The van der Waals surface area contributed by atoms with Crippen LogP contribution in [0.2, 0.25) is 0 Å². The molecule has 2 aromatic rings. The molecular formula is C21H24F2N2O5S. The molecule has 0 aliphatic carbocycles. The van der Waals surface area contributed by atoms with Gasteiger partial charge in [-0.3, -0.25) is 4.79 Å². The highest BCUT2D eigenvalue weighted by atomic mass is 32.2. The Morgan fingerprint density at radius 3 is 2.35 bits per heavy atom. The van der Waals surface area contributed by atoms with Gasteiger partial charge in [0.2, 0.25) is 10.0 Å². The Bertz CT molecular complexity index is 1000. The van der Waals surface area contributed by atoms with E-state index in [1.54, 1.807) is 18.2 Å². The fraction of sp³-hybridized carbons (Fsp3) is 0.381. The second-order valence-electron chi connectivity index (χ2n) is 7.27. The summed E-state index contributed by atoms with van der Waals surface area (Å²) < 4.78 is 62.2. The lowest BCUT2D eigenvalue weighted by Crippen LogP contribution is -2.48. The summed E-state index contributed by atoms with van der Waals surface area (Å²) in [5.74, 6) is -0.488. The first-order valence-corrected chi connectivity index (χ1v) is 11.2. The number of amides is 1. The summed E-state index contributed by atoms with van der Waals surface area (Å²) in [7, 11) is -3.71. The van der Waals surface area contributed by atoms with Crippen molar-refractivity contribution in [1.82, 2.24) is 9.62 Å². The Morgan fingerprint density at radius 2 is 1.74 bits per heavy atom. The minimum absolute atomic E-state index is 0.0202. The second-order valence-corrected chi connectivity index (χ2v) is 9.21. The Balaban J connectivity index is 1.67. The first-order chi connectivity index (χ1) is 14.7. The maximum atomic E-state index is 12.9. The number of benzene rings is 2. The molecule has 1 saturated heterocycles. The van der Waals surface area contributed by atoms with Crippen molar-refractivity contribution >= 4 is 15.9 Å². The van der Waals surface area contributed by atoms with Gasteiger partial charge in [0.1, 0.15) is 5.75 Å². The maximum absolute atomic E-state index is 12.9. The van der Waals surface area contributed by atoms with Gasteiger partial charge >= 0.3 is 6.61 Å². The SMILES string of the molecule is CC1CN(S(=O)(=O)c2ccc(C(=O)NCc3ccccc3OC(F)F)cc2)CC(C)O1. The van der Waals surface area contributed by atoms with E-state index in [4.69, 9.17) is 4.74 Å². The third kappa shape index (κ3) is 5.78. The van der Waals surface area contributed by atoms with Gasteiger partial charge in [-0.05, 0) is 44.2 Å². The average Bonchev–Trinajstić information content (AvgIpc) is 2.72. The molecule has 1 aliphatic rings. The normalized spacial score (nSPS) is 19.9. The lowest BCUT2D eigenvalue weighted by Gasteiger charge is -2.34. The van der Waals surface area contributed by atoms with Crippen molar-refractivity contribution < 1.29 is 31.5 Å². The van der Waals surface area contributed by atoms with Crippen LogP contribution in [-0.2, 0) is 21.3 Å². The number of carbonyl (C=O) groups is 1. The van der Waals surface area contributed by atoms with Crippen LogP contribution in [0.25, 0.3) is 0 Å². The Morgan fingerprint density at radius 1 is 1.13 bits per heavy atom. The molecule has 1 aliphatic heterocycles. The molecule has 10 heteroatoms. The molecule has 2 aromatic carbocycles. The first-order valence-electron chi connectivity index (χ1n) is 9.73. The van der Waals surface area contributed by atoms with E-state index in [0.717, 1.165) is 0 Å². The van der Waals surface area contributed by atoms with E-state index in [1.165, 1.54) is 34.6 Å². The minimum Gasteiger partial charge on any atom is -0.434 e. The number of halogens is 2. The van der Waals surface area contributed by atoms with Crippen LogP contribution in [-0.4, -0.2) is 50.5 Å². The molecule has 0 bridgehead atoms. The number of alkyl halides is 2. The zero-order valence-electron chi connectivity index (χ0n) is 17.1. The van der Waals surface area contributed by atoms with Gasteiger partial charge in [-0.25, -0.2) is 8.42 Å². The van der Waals surface area contributed by atoms with Crippen molar-refractivity contribution in [2.45, 2.75) is 44.1 Å². The van der Waals surface area contributed by atoms with Crippen molar-refractivity contribution in [1.29, 1.82) is 0 Å². The highest BCUT2D eigenvalue weighted by molar-refractivity contribution is 7.89. The molecule has 2 atom stereocenters. The van der Waals surface area contributed by atoms with E-state index in [9.17, 15) is 22.0 Å². The Hall–Kier alpha value is -2.56. The van der Waals surface area contributed by atoms with E-state index < -0.39 is 22.5 Å². The van der Waals surface area contributed by atoms with Crippen molar-refractivity contribution in [2.75, 3.05) is 13.1 Å². The van der Waals surface area contributed by atoms with Gasteiger partial charge in [0.15, 0.2) is 0 Å². The van der Waals surface area contributed by atoms with Gasteiger partial charge in [0.05, 0.1) is 17.1 Å². The summed E-state index contributed by atoms with van der Waals surface area (Å²) in [6, 6.07) is 11.7. The molecule has 0 aromatic heterocycles. The smallest absolute Gasteiger partial charge is 0.387 e. The molecule has 1 N–H and O–H groups in total. The number of carbonyl (C=O) groups excluding carboxylic acids is 1. The van der Waals surface area contributed by atoms with Gasteiger partial charge in [0, 0.05) is 30.8 Å². The number of nitrogens with one attached hydrogen (secondary N) is 1. The van der Waals surface area contributed by atoms with Crippen LogP contribution in [0.5, 0.6) is 5.75 Å². The molecule has 2 unspecified atom stereocenters. The Kier molecular flexibility index (Phi) is 7.24. The Labute approximate surface area is 180 Å². The summed E-state index contributed by atoms with van der Waals surface area (Å²) >= 11 is 0. The van der Waals surface area contributed by atoms with Gasteiger partial charge in [0.25, 0.3) is 5.91 Å². The molecular weight excluding hydrogens is 430 g/mol. The van der Waals surface area contributed by atoms with E-state index in [1.807, 2.05) is 13.8 Å². The average molecular weight is 454 g/mol. The number of rotatable bonds is 7. The van der Waals surface area contributed by atoms with Crippen LogP contribution in [0.15, 0.2) is 53.4 Å². The summed E-state index contributed by atoms with van der Waals surface area (Å²) in [4.78, 5) is 12.5. The second kappa shape index (κ2) is 9.71. The van der Waals surface area contributed by atoms with Crippen LogP contribution < -0.4 is 10.1 Å². The van der Waals surface area contributed by atoms with E-state index >= 15 is 0 Å². The van der Waals surface area contributed by atoms with Gasteiger partial charge < -0.3 is 14.8 Å². The van der Waals surface area contributed by atoms with Gasteiger partial charge in [-0.2, -0.15) is 13.1 Å². The molecule has 1 fully saturated rings. The van der Waals surface area contributed by atoms with E-state index in [0.29, 0.717) is 5.56 Å². The van der Waals surface area contributed by atoms with E-state index in [2.05, 4.69) is 10.1 Å². The van der Waals surface area contributed by atoms with Crippen molar-refractivity contribution in [3.8, 4) is 5.75 Å². The summed E-state index contributed by atoms with van der Waals surface area (Å²) in [6.45, 7) is 1.16. The quantitative estimate of drug-likeness (QED) is 0.695. The van der Waals surface area contributed by atoms with Crippen LogP contribution in [0.3, 0.4) is 0 Å². The van der Waals surface area contributed by atoms with Crippen molar-refractivity contribution in [3.63, 3.8) is 0 Å². The van der Waals surface area contributed by atoms with Gasteiger partial charge in [-0.15, -0.1) is 0 Å². The third-order valence-electron chi connectivity index (χ3n) is 4.77. The number of hydrogen-bond donors (Lipinski definition) is 1. The zero-order valence-corrected chi connectivity index (χ0v) is 17.9. The number of morpholine rings is 1. The molecule has 7 nitrogen and oxygen atoms in total. The molecule has 0 saturated carbocycles. The number of hydrogen-bond acceptors (Lipinski definition) is 5. The fourth-order valence-electron chi connectivity index (χ4n) is 3.39. The molecule has 1 heterocycles. The van der Waals surface area contributed by atoms with Gasteiger partial charge in [-0.1, -0.05) is 18.2 Å². The molecule has 0 spiro atoms. The monoisotopic (exact) mass is 454 g/mol. The maximum Gasteiger partial charge on any atom is 0.387 e. The third-order valence-corrected chi connectivity index (χ3v) is 6.61. The highest BCUT2D eigenvalue weighted by Gasteiger charge is 2.32. The number of para-hydroxylation sites is 1. The van der Waals surface area contributed by atoms with Crippen LogP contribution in [0, 0.1) is 0 Å². The van der Waals surface area contributed by atoms with Crippen LogP contribution in [0.4, 0.5) is 8.78 Å². The van der Waals surface area contributed by atoms with Crippen molar-refractivity contribution in [2.24, 2.45) is 0 Å². The minimum atomic E-state index is -3.71. The predicted octanol–water partition coefficient (Wildman–Crippen LogP) is 3.02. The summed E-state index contributed by atoms with van der Waals surface area (Å²) in [5.41, 5.74) is 0.640. The fourth-order valence-corrected chi connectivity index (χ4v) is 4.98. The standard InChI is InChI=1S/C21H24F2N2O5S/c1-14-12-25(13-15(2)29-14)31(27,28)18-9-7-16(8-10-18)20(26)24-11-17-5-3-4-6-19(17)30-21(22)23/h3-10,14-15,21H,11-13H2,1-2H3,(H,24,26). The molecule has 31 heavy (non-hydrogen) atoms. The lowest BCUT2D eigenvalue weighted by molar-refractivity contribution is -0.0504. The number of ether oxygens (including phenoxy) is 2. The van der Waals surface area contributed by atoms with E-state index in [-0.39, 0.29) is 48.1 Å². The molecule has 3 rings (SSSR count). The molecule has 168 valence electrons. The molecule has 1 amide bonds. The number of sulfonamides is 1. The first kappa shape index (κ1) is 23.1. The highest BCUT2D eigenvalue weighted by Crippen LogP contribution is 2.22. The topological polar surface area (TPSA) is 84.9 Å². The molecule has 0 radical (unpaired) electrons. The summed E-state index contributed by atoms with van der Waals surface area (Å²) in [6.07, 6.45) is -0.416.